The summed E-state index contributed by atoms with van der Waals surface area (Å²) < 4.78 is 0. The van der Waals surface area contributed by atoms with Gasteiger partial charge in [-0.25, -0.2) is 4.79 Å². The molecule has 1 atom stereocenters. The van der Waals surface area contributed by atoms with E-state index in [-0.39, 0.29) is 0 Å². The molecule has 0 fully saturated rings. The van der Waals surface area contributed by atoms with Gasteiger partial charge in [0.05, 0.1) is 0 Å². The molecule has 19 heavy (non-hydrogen) atoms. The topological polar surface area (TPSA) is 81.1 Å². The molecule has 106 valence electrons. The van der Waals surface area contributed by atoms with Crippen LogP contribution in [0.25, 0.3) is 0 Å². The molecule has 1 unspecified atom stereocenters. The normalized spacial score (nSPS) is 13.8. The van der Waals surface area contributed by atoms with Crippen molar-refractivity contribution in [2.24, 2.45) is 11.5 Å². The number of carbonyl (C=O) groups excluding carboxylic acids is 1. The third-order valence-corrected chi connectivity index (χ3v) is 3.45. The molecule has 0 aliphatic carbocycles. The van der Waals surface area contributed by atoms with Gasteiger partial charge in [-0.15, -0.1) is 0 Å². The first kappa shape index (κ1) is 15.5. The summed E-state index contributed by atoms with van der Waals surface area (Å²) in [5, 5.41) is 2.67. The molecule has 0 radical (unpaired) electrons. The number of urea groups is 1. The van der Waals surface area contributed by atoms with E-state index in [4.69, 9.17) is 11.5 Å². The highest BCUT2D eigenvalue weighted by Crippen LogP contribution is 2.24. The first-order valence-corrected chi connectivity index (χ1v) is 6.98. The molecular weight excluding hydrogens is 238 g/mol. The molecule has 1 aromatic carbocycles. The van der Waals surface area contributed by atoms with Crippen molar-refractivity contribution in [3.05, 3.63) is 35.4 Å². The van der Waals surface area contributed by atoms with Crippen molar-refractivity contribution in [1.29, 1.82) is 0 Å². The summed E-state index contributed by atoms with van der Waals surface area (Å²) in [6, 6.07) is 7.41. The summed E-state index contributed by atoms with van der Waals surface area (Å²) in [7, 11) is 0. The predicted octanol–water partition coefficient (Wildman–Crippen LogP) is 2.61. The SMILES string of the molecule is CCCCCc1ccccc1C(N)(CC)NC(N)=O. The van der Waals surface area contributed by atoms with Crippen LogP contribution in [0.5, 0.6) is 0 Å². The van der Waals surface area contributed by atoms with Crippen molar-refractivity contribution in [3.8, 4) is 0 Å². The zero-order chi connectivity index (χ0) is 14.3. The summed E-state index contributed by atoms with van der Waals surface area (Å²) in [4.78, 5) is 11.1. The minimum atomic E-state index is -0.880. The van der Waals surface area contributed by atoms with Gasteiger partial charge in [0.25, 0.3) is 0 Å². The Balaban J connectivity index is 2.99. The Hall–Kier alpha value is -1.55. The van der Waals surface area contributed by atoms with E-state index in [9.17, 15) is 4.79 Å². The van der Waals surface area contributed by atoms with Gasteiger partial charge in [0, 0.05) is 0 Å². The number of hydrogen-bond acceptors (Lipinski definition) is 2. The van der Waals surface area contributed by atoms with Crippen molar-refractivity contribution < 1.29 is 4.79 Å². The largest absolute Gasteiger partial charge is 0.352 e. The second-order valence-electron chi connectivity index (χ2n) is 4.93. The lowest BCUT2D eigenvalue weighted by molar-refractivity contribution is 0.231. The molecule has 0 aliphatic rings. The zero-order valence-electron chi connectivity index (χ0n) is 11.9. The Bertz CT molecular complexity index is 420. The minimum Gasteiger partial charge on any atom is -0.352 e. The molecule has 0 heterocycles. The number of benzene rings is 1. The Morgan fingerprint density at radius 3 is 2.53 bits per heavy atom. The second-order valence-corrected chi connectivity index (χ2v) is 4.93. The van der Waals surface area contributed by atoms with Gasteiger partial charge >= 0.3 is 6.03 Å². The van der Waals surface area contributed by atoms with Gasteiger partial charge in [-0.2, -0.15) is 0 Å². The summed E-state index contributed by atoms with van der Waals surface area (Å²) in [6.45, 7) is 4.12. The van der Waals surface area contributed by atoms with Crippen LogP contribution in [-0.4, -0.2) is 6.03 Å². The van der Waals surface area contributed by atoms with E-state index in [0.29, 0.717) is 6.42 Å². The van der Waals surface area contributed by atoms with Gasteiger partial charge in [-0.3, -0.25) is 0 Å². The molecule has 0 spiro atoms. The zero-order valence-corrected chi connectivity index (χ0v) is 11.9. The average molecular weight is 263 g/mol. The number of hydrogen-bond donors (Lipinski definition) is 3. The summed E-state index contributed by atoms with van der Waals surface area (Å²) >= 11 is 0. The third kappa shape index (κ3) is 4.24. The molecule has 2 amide bonds. The average Bonchev–Trinajstić information content (AvgIpc) is 2.38. The molecule has 1 aromatic rings. The van der Waals surface area contributed by atoms with Crippen LogP contribution in [0.1, 0.15) is 50.7 Å². The van der Waals surface area contributed by atoms with Crippen LogP contribution in [0.3, 0.4) is 0 Å². The molecule has 5 N–H and O–H groups in total. The van der Waals surface area contributed by atoms with E-state index >= 15 is 0 Å². The van der Waals surface area contributed by atoms with Crippen LogP contribution in [0, 0.1) is 0 Å². The summed E-state index contributed by atoms with van der Waals surface area (Å²) in [5.41, 5.74) is 12.8. The Morgan fingerprint density at radius 1 is 1.26 bits per heavy atom. The van der Waals surface area contributed by atoms with Crippen molar-refractivity contribution in [1.82, 2.24) is 5.32 Å². The van der Waals surface area contributed by atoms with E-state index in [2.05, 4.69) is 18.3 Å². The summed E-state index contributed by atoms with van der Waals surface area (Å²) in [6.07, 6.45) is 5.08. The Morgan fingerprint density at radius 2 is 1.95 bits per heavy atom. The molecule has 4 heteroatoms. The number of unbranched alkanes of at least 4 members (excludes halogenated alkanes) is 2. The number of nitrogens with two attached hydrogens (primary N) is 2. The lowest BCUT2D eigenvalue weighted by atomic mass is 9.90. The fraction of sp³-hybridized carbons (Fsp3) is 0.533. The third-order valence-electron chi connectivity index (χ3n) is 3.45. The number of nitrogens with one attached hydrogen (secondary N) is 1. The van der Waals surface area contributed by atoms with Crippen molar-refractivity contribution in [2.45, 2.75) is 51.6 Å². The predicted molar refractivity (Wildman–Crippen MR) is 78.5 cm³/mol. The maximum Gasteiger partial charge on any atom is 0.313 e. The van der Waals surface area contributed by atoms with Gasteiger partial charge in [0.15, 0.2) is 0 Å². The molecular formula is C15H25N3O. The molecule has 0 aromatic heterocycles. The quantitative estimate of drug-likeness (QED) is 0.522. The van der Waals surface area contributed by atoms with Crippen molar-refractivity contribution in [2.75, 3.05) is 0 Å². The first-order chi connectivity index (χ1) is 9.03. The highest BCUT2D eigenvalue weighted by atomic mass is 16.2. The van der Waals surface area contributed by atoms with Crippen LogP contribution >= 0.6 is 0 Å². The highest BCUT2D eigenvalue weighted by Gasteiger charge is 2.28. The fourth-order valence-electron chi connectivity index (χ4n) is 2.30. The lowest BCUT2D eigenvalue weighted by Gasteiger charge is -2.31. The molecule has 0 aliphatic heterocycles. The monoisotopic (exact) mass is 263 g/mol. The van der Waals surface area contributed by atoms with Crippen LogP contribution in [0.4, 0.5) is 4.79 Å². The Kier molecular flexibility index (Phi) is 5.83. The maximum atomic E-state index is 11.1. The van der Waals surface area contributed by atoms with Crippen molar-refractivity contribution in [3.63, 3.8) is 0 Å². The van der Waals surface area contributed by atoms with Gasteiger partial charge in [-0.05, 0) is 30.4 Å². The van der Waals surface area contributed by atoms with Gasteiger partial charge < -0.3 is 16.8 Å². The molecule has 0 bridgehead atoms. The first-order valence-electron chi connectivity index (χ1n) is 6.98. The van der Waals surface area contributed by atoms with E-state index in [0.717, 1.165) is 18.4 Å². The van der Waals surface area contributed by atoms with E-state index in [1.54, 1.807) is 0 Å². The minimum absolute atomic E-state index is 0.590. The van der Waals surface area contributed by atoms with Crippen LogP contribution in [0.15, 0.2) is 24.3 Å². The number of primary amides is 1. The number of carbonyl (C=O) groups is 1. The maximum absolute atomic E-state index is 11.1. The smallest absolute Gasteiger partial charge is 0.313 e. The standard InChI is InChI=1S/C15H25N3O/c1-3-5-6-9-12-10-7-8-11-13(12)15(17,4-2)18-14(16)19/h7-8,10-11H,3-6,9,17H2,1-2H3,(H3,16,18,19). The van der Waals surface area contributed by atoms with Crippen LogP contribution in [-0.2, 0) is 12.1 Å². The number of aryl methyl sites for hydroxylation is 1. The second kappa shape index (κ2) is 7.14. The van der Waals surface area contributed by atoms with Crippen LogP contribution in [0.2, 0.25) is 0 Å². The molecule has 4 nitrogen and oxygen atoms in total. The lowest BCUT2D eigenvalue weighted by Crippen LogP contribution is -2.54. The molecule has 0 saturated carbocycles. The van der Waals surface area contributed by atoms with E-state index in [1.165, 1.54) is 18.4 Å². The molecule has 1 rings (SSSR count). The number of amides is 2. The Labute approximate surface area is 115 Å². The van der Waals surface area contributed by atoms with Gasteiger partial charge in [-0.1, -0.05) is 51.0 Å². The van der Waals surface area contributed by atoms with Crippen molar-refractivity contribution >= 4 is 6.03 Å². The number of rotatable bonds is 7. The van der Waals surface area contributed by atoms with E-state index in [1.807, 2.05) is 25.1 Å². The van der Waals surface area contributed by atoms with Gasteiger partial charge in [0.1, 0.15) is 5.66 Å². The van der Waals surface area contributed by atoms with E-state index < -0.39 is 11.7 Å². The molecule has 0 saturated heterocycles. The summed E-state index contributed by atoms with van der Waals surface area (Å²) in [5.74, 6) is 0. The van der Waals surface area contributed by atoms with Crippen LogP contribution < -0.4 is 16.8 Å². The fourth-order valence-corrected chi connectivity index (χ4v) is 2.30. The van der Waals surface area contributed by atoms with Gasteiger partial charge in [0.2, 0.25) is 0 Å². The highest BCUT2D eigenvalue weighted by molar-refractivity contribution is 5.73.